The van der Waals surface area contributed by atoms with Crippen LogP contribution in [0.2, 0.25) is 0 Å². The molecule has 1 aliphatic carbocycles. The number of rotatable bonds is 3. The van der Waals surface area contributed by atoms with Gasteiger partial charge in [-0.1, -0.05) is 13.8 Å². The number of aliphatic carboxylic acids is 1. The summed E-state index contributed by atoms with van der Waals surface area (Å²) in [5, 5.41) is 18.6. The molecule has 0 bridgehead atoms. The average molecular weight is 270 g/mol. The molecule has 1 aliphatic heterocycles. The molecule has 7 heteroatoms. The SMILES string of the molecule is CC1(C)C(C(=O)O)C1C(=O)N1CC(O)CC1C(N)=O. The lowest BCUT2D eigenvalue weighted by molar-refractivity contribution is -0.143. The van der Waals surface area contributed by atoms with Crippen LogP contribution in [0.25, 0.3) is 0 Å². The van der Waals surface area contributed by atoms with Gasteiger partial charge in [-0.2, -0.15) is 0 Å². The van der Waals surface area contributed by atoms with E-state index >= 15 is 0 Å². The first kappa shape index (κ1) is 13.8. The van der Waals surface area contributed by atoms with Crippen molar-refractivity contribution in [2.24, 2.45) is 23.0 Å². The van der Waals surface area contributed by atoms with E-state index in [4.69, 9.17) is 10.8 Å². The molecule has 7 nitrogen and oxygen atoms in total. The molecule has 4 N–H and O–H groups in total. The topological polar surface area (TPSA) is 121 Å². The van der Waals surface area contributed by atoms with Gasteiger partial charge in [0.1, 0.15) is 6.04 Å². The highest BCUT2D eigenvalue weighted by atomic mass is 16.4. The van der Waals surface area contributed by atoms with E-state index in [9.17, 15) is 19.5 Å². The second-order valence-corrected chi connectivity index (χ2v) is 5.91. The molecular formula is C12H18N2O5. The predicted molar refractivity (Wildman–Crippen MR) is 63.7 cm³/mol. The van der Waals surface area contributed by atoms with Gasteiger partial charge in [0.05, 0.1) is 17.9 Å². The molecule has 0 aromatic heterocycles. The Labute approximate surface area is 110 Å². The van der Waals surface area contributed by atoms with Gasteiger partial charge in [0.2, 0.25) is 11.8 Å². The smallest absolute Gasteiger partial charge is 0.307 e. The number of nitrogens with zero attached hydrogens (tertiary/aromatic N) is 1. The fourth-order valence-corrected chi connectivity index (χ4v) is 3.07. The number of aliphatic hydroxyl groups excluding tert-OH is 1. The van der Waals surface area contributed by atoms with Crippen molar-refractivity contribution in [3.05, 3.63) is 0 Å². The molecule has 106 valence electrons. The molecule has 2 aliphatic rings. The number of carboxylic acids is 1. The van der Waals surface area contributed by atoms with E-state index in [0.29, 0.717) is 0 Å². The third kappa shape index (κ3) is 2.07. The molecule has 2 amide bonds. The minimum Gasteiger partial charge on any atom is -0.481 e. The predicted octanol–water partition coefficient (Wildman–Crippen LogP) is -1.21. The number of amides is 2. The Morgan fingerprint density at radius 2 is 1.84 bits per heavy atom. The standard InChI is InChI=1S/C12H18N2O5/c1-12(2)7(8(12)11(18)19)10(17)14-4-5(15)3-6(14)9(13)16/h5-8,15H,3-4H2,1-2H3,(H2,13,16)(H,18,19). The van der Waals surface area contributed by atoms with Crippen LogP contribution in [0.15, 0.2) is 0 Å². The number of aliphatic hydroxyl groups is 1. The summed E-state index contributed by atoms with van der Waals surface area (Å²) in [7, 11) is 0. The molecule has 1 saturated carbocycles. The normalized spacial score (nSPS) is 36.1. The maximum Gasteiger partial charge on any atom is 0.307 e. The van der Waals surface area contributed by atoms with Crippen LogP contribution in [-0.4, -0.2) is 51.6 Å². The molecule has 0 aromatic carbocycles. The number of likely N-dealkylation sites (tertiary alicyclic amines) is 1. The number of carbonyl (C=O) groups excluding carboxylic acids is 2. The van der Waals surface area contributed by atoms with Gasteiger partial charge in [0, 0.05) is 13.0 Å². The summed E-state index contributed by atoms with van der Waals surface area (Å²) in [5.41, 5.74) is 4.58. The molecule has 4 atom stereocenters. The van der Waals surface area contributed by atoms with Gasteiger partial charge >= 0.3 is 5.97 Å². The highest BCUT2D eigenvalue weighted by molar-refractivity contribution is 5.94. The van der Waals surface area contributed by atoms with E-state index in [0.717, 1.165) is 0 Å². The zero-order chi connectivity index (χ0) is 14.5. The summed E-state index contributed by atoms with van der Waals surface area (Å²) in [6.07, 6.45) is -0.669. The monoisotopic (exact) mass is 270 g/mol. The van der Waals surface area contributed by atoms with E-state index < -0.39 is 47.2 Å². The highest BCUT2D eigenvalue weighted by Gasteiger charge is 2.67. The lowest BCUT2D eigenvalue weighted by atomic mass is 10.1. The van der Waals surface area contributed by atoms with Crippen LogP contribution in [-0.2, 0) is 14.4 Å². The van der Waals surface area contributed by atoms with Crippen molar-refractivity contribution in [1.29, 1.82) is 0 Å². The minimum atomic E-state index is -1.02. The van der Waals surface area contributed by atoms with Gasteiger partial charge in [0.15, 0.2) is 0 Å². The Morgan fingerprint density at radius 1 is 1.26 bits per heavy atom. The van der Waals surface area contributed by atoms with Crippen LogP contribution in [0.4, 0.5) is 0 Å². The third-order valence-corrected chi connectivity index (χ3v) is 4.25. The average Bonchev–Trinajstić information content (AvgIpc) is 2.65. The first-order valence-corrected chi connectivity index (χ1v) is 6.18. The molecule has 1 saturated heterocycles. The van der Waals surface area contributed by atoms with Gasteiger partial charge in [0.25, 0.3) is 0 Å². The quantitative estimate of drug-likeness (QED) is 0.594. The van der Waals surface area contributed by atoms with Crippen LogP contribution in [0, 0.1) is 17.3 Å². The number of carbonyl (C=O) groups is 3. The Kier molecular flexibility index (Phi) is 3.04. The largest absolute Gasteiger partial charge is 0.481 e. The summed E-state index contributed by atoms with van der Waals surface area (Å²) < 4.78 is 0. The Morgan fingerprint density at radius 3 is 2.26 bits per heavy atom. The van der Waals surface area contributed by atoms with Crippen molar-refractivity contribution in [1.82, 2.24) is 4.90 Å². The van der Waals surface area contributed by atoms with Crippen LogP contribution >= 0.6 is 0 Å². The Balaban J connectivity index is 2.17. The number of nitrogens with two attached hydrogens (primary N) is 1. The van der Waals surface area contributed by atoms with Gasteiger partial charge in [-0.05, 0) is 5.41 Å². The fourth-order valence-electron chi connectivity index (χ4n) is 3.07. The number of hydrogen-bond donors (Lipinski definition) is 3. The zero-order valence-corrected chi connectivity index (χ0v) is 10.9. The second kappa shape index (κ2) is 4.19. The molecular weight excluding hydrogens is 252 g/mol. The first-order valence-electron chi connectivity index (χ1n) is 6.18. The molecule has 2 rings (SSSR count). The van der Waals surface area contributed by atoms with Crippen molar-refractivity contribution in [3.63, 3.8) is 0 Å². The minimum absolute atomic E-state index is 0.0331. The summed E-state index contributed by atoms with van der Waals surface area (Å²) in [4.78, 5) is 35.9. The number of carboxylic acid groups (broad SMARTS) is 1. The zero-order valence-electron chi connectivity index (χ0n) is 10.9. The van der Waals surface area contributed by atoms with E-state index in [2.05, 4.69) is 0 Å². The lowest BCUT2D eigenvalue weighted by Crippen LogP contribution is -2.45. The summed E-state index contributed by atoms with van der Waals surface area (Å²) in [6, 6.07) is -0.839. The Bertz CT molecular complexity index is 447. The number of primary amides is 1. The number of β-amino-alcohol motifs (C(OH)–C–C–N with tert-alkyl or cyclic N) is 1. The van der Waals surface area contributed by atoms with Crippen LogP contribution in [0.1, 0.15) is 20.3 Å². The van der Waals surface area contributed by atoms with Crippen molar-refractivity contribution >= 4 is 17.8 Å². The van der Waals surface area contributed by atoms with E-state index in [1.54, 1.807) is 13.8 Å². The van der Waals surface area contributed by atoms with Crippen LogP contribution in [0.5, 0.6) is 0 Å². The fraction of sp³-hybridized carbons (Fsp3) is 0.750. The van der Waals surface area contributed by atoms with Gasteiger partial charge in [-0.25, -0.2) is 0 Å². The molecule has 1 heterocycles. The number of hydrogen-bond acceptors (Lipinski definition) is 4. The first-order chi connectivity index (χ1) is 8.67. The van der Waals surface area contributed by atoms with Crippen molar-refractivity contribution in [2.75, 3.05) is 6.54 Å². The lowest BCUT2D eigenvalue weighted by Gasteiger charge is -2.22. The van der Waals surface area contributed by atoms with E-state index in [1.165, 1.54) is 4.90 Å². The van der Waals surface area contributed by atoms with E-state index in [-0.39, 0.29) is 13.0 Å². The van der Waals surface area contributed by atoms with Crippen molar-refractivity contribution in [2.45, 2.75) is 32.4 Å². The van der Waals surface area contributed by atoms with Crippen molar-refractivity contribution in [3.8, 4) is 0 Å². The molecule has 0 spiro atoms. The Hall–Kier alpha value is -1.63. The molecule has 19 heavy (non-hydrogen) atoms. The second-order valence-electron chi connectivity index (χ2n) is 5.91. The summed E-state index contributed by atoms with van der Waals surface area (Å²) in [6.45, 7) is 3.45. The summed E-state index contributed by atoms with van der Waals surface area (Å²) >= 11 is 0. The maximum absolute atomic E-state index is 12.3. The molecule has 0 aromatic rings. The van der Waals surface area contributed by atoms with Gasteiger partial charge in [-0.15, -0.1) is 0 Å². The highest BCUT2D eigenvalue weighted by Crippen LogP contribution is 2.59. The van der Waals surface area contributed by atoms with E-state index in [1.807, 2.05) is 0 Å². The molecule has 4 unspecified atom stereocenters. The summed E-state index contributed by atoms with van der Waals surface area (Å²) in [5.74, 6) is -3.49. The maximum atomic E-state index is 12.3. The van der Waals surface area contributed by atoms with Gasteiger partial charge < -0.3 is 20.8 Å². The molecule has 2 fully saturated rings. The third-order valence-electron chi connectivity index (χ3n) is 4.25. The van der Waals surface area contributed by atoms with Crippen LogP contribution in [0.3, 0.4) is 0 Å². The molecule has 0 radical (unpaired) electrons. The van der Waals surface area contributed by atoms with Crippen molar-refractivity contribution < 1.29 is 24.6 Å². The van der Waals surface area contributed by atoms with Gasteiger partial charge in [-0.3, -0.25) is 14.4 Å². The van der Waals surface area contributed by atoms with Crippen LogP contribution < -0.4 is 5.73 Å².